The molecule has 1 rings (SSSR count). The number of aromatic nitrogens is 1. The first-order valence-corrected chi connectivity index (χ1v) is 4.83. The molecule has 0 aliphatic heterocycles. The van der Waals surface area contributed by atoms with Crippen molar-refractivity contribution in [3.05, 3.63) is 23.0 Å². The van der Waals surface area contributed by atoms with Crippen molar-refractivity contribution in [2.24, 2.45) is 5.92 Å². The zero-order valence-electron chi connectivity index (χ0n) is 8.91. The summed E-state index contributed by atoms with van der Waals surface area (Å²) in [6.45, 7) is 5.88. The van der Waals surface area contributed by atoms with E-state index in [1.165, 1.54) is 0 Å². The summed E-state index contributed by atoms with van der Waals surface area (Å²) in [5.74, 6) is 0.693. The van der Waals surface area contributed by atoms with Crippen LogP contribution in [0.15, 0.2) is 6.20 Å². The van der Waals surface area contributed by atoms with Gasteiger partial charge in [-0.15, -0.1) is 0 Å². The van der Waals surface area contributed by atoms with Gasteiger partial charge in [0.05, 0.1) is 12.3 Å². The Morgan fingerprint density at radius 3 is 2.57 bits per heavy atom. The van der Waals surface area contributed by atoms with Crippen LogP contribution < -0.4 is 0 Å². The van der Waals surface area contributed by atoms with Crippen LogP contribution in [0, 0.1) is 12.8 Å². The number of aliphatic hydroxyl groups is 1. The molecule has 0 saturated carbocycles. The van der Waals surface area contributed by atoms with Gasteiger partial charge in [-0.2, -0.15) is 0 Å². The summed E-state index contributed by atoms with van der Waals surface area (Å²) < 4.78 is 0. The van der Waals surface area contributed by atoms with E-state index in [-0.39, 0.29) is 12.4 Å². The molecule has 0 fully saturated rings. The van der Waals surface area contributed by atoms with E-state index >= 15 is 0 Å². The van der Waals surface area contributed by atoms with Crippen LogP contribution in [-0.2, 0) is 13.0 Å². The van der Waals surface area contributed by atoms with Gasteiger partial charge in [0.25, 0.3) is 0 Å². The van der Waals surface area contributed by atoms with Gasteiger partial charge in [-0.05, 0) is 24.8 Å². The minimum absolute atomic E-state index is 0.0750. The fourth-order valence-corrected chi connectivity index (χ4v) is 1.38. The maximum Gasteiger partial charge on any atom is 0.140 e. The highest BCUT2D eigenvalue weighted by Gasteiger charge is 2.10. The number of hydrogen-bond donors (Lipinski definition) is 2. The number of aromatic hydroxyl groups is 1. The van der Waals surface area contributed by atoms with Gasteiger partial charge in [0, 0.05) is 11.8 Å². The van der Waals surface area contributed by atoms with E-state index in [1.807, 2.05) is 0 Å². The standard InChI is InChI=1S/C11H17NO2/c1-7(2)4-10-11(14)8(3)9(6-13)5-12-10/h5,7,13-14H,4,6H2,1-3H3. The highest BCUT2D eigenvalue weighted by molar-refractivity contribution is 5.40. The average Bonchev–Trinajstić information content (AvgIpc) is 2.13. The van der Waals surface area contributed by atoms with Crippen molar-refractivity contribution in [1.29, 1.82) is 0 Å². The Bertz CT molecular complexity index is 321. The van der Waals surface area contributed by atoms with Crippen LogP contribution in [0.3, 0.4) is 0 Å². The first-order valence-electron chi connectivity index (χ1n) is 4.83. The molecule has 0 saturated heterocycles. The molecule has 14 heavy (non-hydrogen) atoms. The number of nitrogens with zero attached hydrogens (tertiary/aromatic N) is 1. The van der Waals surface area contributed by atoms with Crippen molar-refractivity contribution in [3.63, 3.8) is 0 Å². The minimum atomic E-state index is -0.0750. The first-order chi connectivity index (χ1) is 6.56. The van der Waals surface area contributed by atoms with Crippen molar-refractivity contribution < 1.29 is 10.2 Å². The Morgan fingerprint density at radius 2 is 2.07 bits per heavy atom. The lowest BCUT2D eigenvalue weighted by Crippen LogP contribution is -2.01. The quantitative estimate of drug-likeness (QED) is 0.773. The molecule has 0 spiro atoms. The van der Waals surface area contributed by atoms with Crippen molar-refractivity contribution in [2.45, 2.75) is 33.8 Å². The molecule has 0 atom stereocenters. The highest BCUT2D eigenvalue weighted by atomic mass is 16.3. The van der Waals surface area contributed by atoms with Gasteiger partial charge in [-0.25, -0.2) is 0 Å². The van der Waals surface area contributed by atoms with Gasteiger partial charge in [0.1, 0.15) is 5.75 Å². The maximum absolute atomic E-state index is 9.78. The second kappa shape index (κ2) is 4.42. The SMILES string of the molecule is Cc1c(CO)cnc(CC(C)C)c1O. The Labute approximate surface area is 84.4 Å². The molecule has 1 aromatic heterocycles. The van der Waals surface area contributed by atoms with Crippen LogP contribution in [0.5, 0.6) is 5.75 Å². The molecule has 3 heteroatoms. The lowest BCUT2D eigenvalue weighted by molar-refractivity contribution is 0.279. The van der Waals surface area contributed by atoms with Crippen molar-refractivity contribution in [3.8, 4) is 5.75 Å². The summed E-state index contributed by atoms with van der Waals surface area (Å²) in [6, 6.07) is 0. The fraction of sp³-hybridized carbons (Fsp3) is 0.545. The lowest BCUT2D eigenvalue weighted by Gasteiger charge is -2.10. The van der Waals surface area contributed by atoms with E-state index in [4.69, 9.17) is 5.11 Å². The second-order valence-corrected chi connectivity index (χ2v) is 3.96. The van der Waals surface area contributed by atoms with Gasteiger partial charge < -0.3 is 10.2 Å². The predicted molar refractivity (Wildman–Crippen MR) is 55.1 cm³/mol. The first kappa shape index (κ1) is 11.0. The molecule has 0 radical (unpaired) electrons. The molecule has 0 aliphatic rings. The molecule has 0 unspecified atom stereocenters. The third kappa shape index (κ3) is 2.23. The summed E-state index contributed by atoms with van der Waals surface area (Å²) in [4.78, 5) is 4.14. The molecule has 0 aromatic carbocycles. The van der Waals surface area contributed by atoms with Crippen LogP contribution in [0.4, 0.5) is 0 Å². The zero-order chi connectivity index (χ0) is 10.7. The van der Waals surface area contributed by atoms with Crippen LogP contribution in [0.2, 0.25) is 0 Å². The lowest BCUT2D eigenvalue weighted by atomic mass is 10.0. The van der Waals surface area contributed by atoms with Gasteiger partial charge in [0.15, 0.2) is 0 Å². The van der Waals surface area contributed by atoms with E-state index < -0.39 is 0 Å². The molecular weight excluding hydrogens is 178 g/mol. The largest absolute Gasteiger partial charge is 0.506 e. The monoisotopic (exact) mass is 195 g/mol. The van der Waals surface area contributed by atoms with E-state index in [0.29, 0.717) is 11.5 Å². The Morgan fingerprint density at radius 1 is 1.43 bits per heavy atom. The number of aliphatic hydroxyl groups excluding tert-OH is 1. The summed E-state index contributed by atoms with van der Waals surface area (Å²) in [7, 11) is 0. The molecular formula is C11H17NO2. The van der Waals surface area contributed by atoms with Gasteiger partial charge >= 0.3 is 0 Å². The number of rotatable bonds is 3. The molecule has 0 bridgehead atoms. The average molecular weight is 195 g/mol. The Hall–Kier alpha value is -1.09. The smallest absolute Gasteiger partial charge is 0.140 e. The molecule has 0 amide bonds. The fourth-order valence-electron chi connectivity index (χ4n) is 1.38. The van der Waals surface area contributed by atoms with Gasteiger partial charge in [0.2, 0.25) is 0 Å². The summed E-state index contributed by atoms with van der Waals surface area (Å²) in [6.07, 6.45) is 2.39. The summed E-state index contributed by atoms with van der Waals surface area (Å²) >= 11 is 0. The maximum atomic E-state index is 9.78. The summed E-state index contributed by atoms with van der Waals surface area (Å²) in [5.41, 5.74) is 2.14. The van der Waals surface area contributed by atoms with Crippen LogP contribution in [-0.4, -0.2) is 15.2 Å². The van der Waals surface area contributed by atoms with Gasteiger partial charge in [-0.1, -0.05) is 13.8 Å². The number of pyridine rings is 1. The topological polar surface area (TPSA) is 53.4 Å². The normalized spacial score (nSPS) is 10.9. The highest BCUT2D eigenvalue weighted by Crippen LogP contribution is 2.24. The van der Waals surface area contributed by atoms with Crippen molar-refractivity contribution in [2.75, 3.05) is 0 Å². The van der Waals surface area contributed by atoms with Crippen LogP contribution in [0.1, 0.15) is 30.7 Å². The van der Waals surface area contributed by atoms with Crippen molar-refractivity contribution in [1.82, 2.24) is 4.98 Å². The van der Waals surface area contributed by atoms with Crippen molar-refractivity contribution >= 4 is 0 Å². The predicted octanol–water partition coefficient (Wildman–Crippen LogP) is 1.79. The third-order valence-electron chi connectivity index (χ3n) is 2.26. The Kier molecular flexibility index (Phi) is 3.47. The minimum Gasteiger partial charge on any atom is -0.506 e. The summed E-state index contributed by atoms with van der Waals surface area (Å²) in [5, 5.41) is 18.7. The Balaban J connectivity index is 3.04. The molecule has 2 N–H and O–H groups in total. The molecule has 1 aromatic rings. The molecule has 3 nitrogen and oxygen atoms in total. The van der Waals surface area contributed by atoms with E-state index in [0.717, 1.165) is 17.7 Å². The molecule has 0 aliphatic carbocycles. The second-order valence-electron chi connectivity index (χ2n) is 3.96. The number of hydrogen-bond acceptors (Lipinski definition) is 3. The van der Waals surface area contributed by atoms with E-state index in [9.17, 15) is 5.11 Å². The van der Waals surface area contributed by atoms with E-state index in [2.05, 4.69) is 18.8 Å². The van der Waals surface area contributed by atoms with E-state index in [1.54, 1.807) is 13.1 Å². The zero-order valence-corrected chi connectivity index (χ0v) is 8.91. The van der Waals surface area contributed by atoms with Crippen LogP contribution >= 0.6 is 0 Å². The molecule has 78 valence electrons. The molecule has 1 heterocycles. The van der Waals surface area contributed by atoms with Gasteiger partial charge in [-0.3, -0.25) is 4.98 Å². The third-order valence-corrected chi connectivity index (χ3v) is 2.26. The van der Waals surface area contributed by atoms with Crippen LogP contribution in [0.25, 0.3) is 0 Å².